The van der Waals surface area contributed by atoms with Gasteiger partial charge in [-0.15, -0.1) is 0 Å². The molecular formula is C11H21N5. The predicted molar refractivity (Wildman–Crippen MR) is 66.6 cm³/mol. The molecule has 1 heterocycles. The predicted octanol–water partition coefficient (Wildman–Crippen LogP) is 0.442. The van der Waals surface area contributed by atoms with Crippen LogP contribution in [0.4, 0.5) is 0 Å². The number of rotatable bonds is 3. The van der Waals surface area contributed by atoms with Gasteiger partial charge in [0.15, 0.2) is 5.96 Å². The van der Waals surface area contributed by atoms with Crippen LogP contribution in [0.5, 0.6) is 0 Å². The van der Waals surface area contributed by atoms with E-state index in [1.807, 2.05) is 62.0 Å². The summed E-state index contributed by atoms with van der Waals surface area (Å²) in [6.07, 6.45) is 2.84. The maximum atomic E-state index is 4.55. The lowest BCUT2D eigenvalue weighted by atomic mass is 10.3. The zero-order valence-electron chi connectivity index (χ0n) is 10.8. The molecular weight excluding hydrogens is 202 g/mol. The molecule has 0 aliphatic rings. The van der Waals surface area contributed by atoms with Gasteiger partial charge < -0.3 is 9.80 Å². The molecule has 0 amide bonds. The highest BCUT2D eigenvalue weighted by Gasteiger charge is 2.03. The summed E-state index contributed by atoms with van der Waals surface area (Å²) in [6.45, 7) is 0.767. The van der Waals surface area contributed by atoms with Crippen molar-refractivity contribution in [2.75, 3.05) is 34.7 Å². The second-order valence-corrected chi connectivity index (χ2v) is 4.20. The fourth-order valence-electron chi connectivity index (χ4n) is 1.55. The van der Waals surface area contributed by atoms with Crippen LogP contribution in [0.25, 0.3) is 0 Å². The first kappa shape index (κ1) is 12.5. The molecule has 1 aromatic heterocycles. The highest BCUT2D eigenvalue weighted by molar-refractivity contribution is 5.79. The zero-order chi connectivity index (χ0) is 12.1. The Morgan fingerprint density at radius 3 is 2.38 bits per heavy atom. The number of nitrogens with zero attached hydrogens (tertiary/aromatic N) is 5. The van der Waals surface area contributed by atoms with E-state index in [1.165, 1.54) is 0 Å². The molecule has 0 saturated carbocycles. The van der Waals surface area contributed by atoms with Crippen molar-refractivity contribution < 1.29 is 0 Å². The molecule has 1 aromatic rings. The van der Waals surface area contributed by atoms with Crippen molar-refractivity contribution in [2.24, 2.45) is 12.0 Å². The molecule has 0 radical (unpaired) electrons. The molecule has 16 heavy (non-hydrogen) atoms. The second-order valence-electron chi connectivity index (χ2n) is 4.20. The van der Waals surface area contributed by atoms with Crippen LogP contribution in [0.15, 0.2) is 17.3 Å². The standard InChI is InChI=1S/C11H21N5/c1-14(2)11(15(3)4)12-8-6-10-7-9-16(5)13-10/h7,9H,6,8H2,1-5H3. The lowest BCUT2D eigenvalue weighted by molar-refractivity contribution is 0.479. The highest BCUT2D eigenvalue weighted by atomic mass is 15.3. The van der Waals surface area contributed by atoms with Crippen molar-refractivity contribution in [3.8, 4) is 0 Å². The Labute approximate surface area is 97.4 Å². The summed E-state index contributed by atoms with van der Waals surface area (Å²) in [4.78, 5) is 8.57. The first-order valence-corrected chi connectivity index (χ1v) is 5.38. The van der Waals surface area contributed by atoms with Crippen molar-refractivity contribution in [3.63, 3.8) is 0 Å². The van der Waals surface area contributed by atoms with Crippen LogP contribution in [0.3, 0.4) is 0 Å². The Morgan fingerprint density at radius 2 is 1.94 bits per heavy atom. The fourth-order valence-corrected chi connectivity index (χ4v) is 1.55. The highest BCUT2D eigenvalue weighted by Crippen LogP contribution is 1.97. The Morgan fingerprint density at radius 1 is 1.31 bits per heavy atom. The number of hydrogen-bond acceptors (Lipinski definition) is 2. The monoisotopic (exact) mass is 223 g/mol. The van der Waals surface area contributed by atoms with E-state index in [0.29, 0.717) is 0 Å². The Kier molecular flexibility index (Phi) is 4.34. The molecule has 0 aliphatic heterocycles. The van der Waals surface area contributed by atoms with Crippen molar-refractivity contribution in [2.45, 2.75) is 6.42 Å². The molecule has 0 fully saturated rings. The van der Waals surface area contributed by atoms with E-state index in [2.05, 4.69) is 10.1 Å². The van der Waals surface area contributed by atoms with E-state index in [-0.39, 0.29) is 0 Å². The number of guanidine groups is 1. The molecule has 90 valence electrons. The van der Waals surface area contributed by atoms with Crippen molar-refractivity contribution in [1.82, 2.24) is 19.6 Å². The first-order valence-electron chi connectivity index (χ1n) is 5.38. The maximum Gasteiger partial charge on any atom is 0.195 e. The minimum Gasteiger partial charge on any atom is -0.349 e. The van der Waals surface area contributed by atoms with Crippen LogP contribution in [0, 0.1) is 0 Å². The summed E-state index contributed by atoms with van der Waals surface area (Å²) < 4.78 is 1.82. The van der Waals surface area contributed by atoms with E-state index in [9.17, 15) is 0 Å². The van der Waals surface area contributed by atoms with Gasteiger partial charge in [-0.2, -0.15) is 5.10 Å². The zero-order valence-corrected chi connectivity index (χ0v) is 10.8. The maximum absolute atomic E-state index is 4.55. The largest absolute Gasteiger partial charge is 0.349 e. The molecule has 0 saturated heterocycles. The van der Waals surface area contributed by atoms with Crippen LogP contribution in [-0.4, -0.2) is 60.3 Å². The van der Waals surface area contributed by atoms with E-state index in [1.54, 1.807) is 0 Å². The second kappa shape index (κ2) is 5.53. The van der Waals surface area contributed by atoms with Gasteiger partial charge in [-0.3, -0.25) is 9.67 Å². The smallest absolute Gasteiger partial charge is 0.195 e. The summed E-state index contributed by atoms with van der Waals surface area (Å²) in [5.74, 6) is 0.982. The molecule has 5 nitrogen and oxygen atoms in total. The molecule has 0 bridgehead atoms. The van der Waals surface area contributed by atoms with E-state index in [0.717, 1.165) is 24.6 Å². The Hall–Kier alpha value is -1.52. The van der Waals surface area contributed by atoms with Gasteiger partial charge in [-0.05, 0) is 6.07 Å². The van der Waals surface area contributed by atoms with Gasteiger partial charge in [0.25, 0.3) is 0 Å². The van der Waals surface area contributed by atoms with Crippen LogP contribution in [-0.2, 0) is 13.5 Å². The topological polar surface area (TPSA) is 36.7 Å². The Bertz CT molecular complexity index is 341. The molecule has 1 rings (SSSR count). The van der Waals surface area contributed by atoms with Gasteiger partial charge in [0.2, 0.25) is 0 Å². The SMILES string of the molecule is CN(C)C(=NCCc1ccn(C)n1)N(C)C. The van der Waals surface area contributed by atoms with Crippen molar-refractivity contribution >= 4 is 5.96 Å². The lowest BCUT2D eigenvalue weighted by Gasteiger charge is -2.22. The summed E-state index contributed by atoms with van der Waals surface area (Å²) in [5, 5.41) is 4.32. The van der Waals surface area contributed by atoms with E-state index in [4.69, 9.17) is 0 Å². The van der Waals surface area contributed by atoms with Gasteiger partial charge in [-0.1, -0.05) is 0 Å². The summed E-state index contributed by atoms with van der Waals surface area (Å²) in [6, 6.07) is 2.03. The lowest BCUT2D eigenvalue weighted by Crippen LogP contribution is -2.35. The van der Waals surface area contributed by atoms with Crippen LogP contribution >= 0.6 is 0 Å². The normalized spacial score (nSPS) is 10.1. The molecule has 0 atom stereocenters. The average Bonchev–Trinajstić information content (AvgIpc) is 2.57. The van der Waals surface area contributed by atoms with Gasteiger partial charge in [-0.25, -0.2) is 0 Å². The van der Waals surface area contributed by atoms with Crippen LogP contribution in [0.2, 0.25) is 0 Å². The minimum atomic E-state index is 0.767. The molecule has 5 heteroatoms. The third-order valence-electron chi connectivity index (χ3n) is 2.19. The van der Waals surface area contributed by atoms with Crippen LogP contribution < -0.4 is 0 Å². The number of hydrogen-bond donors (Lipinski definition) is 0. The minimum absolute atomic E-state index is 0.767. The molecule has 0 aromatic carbocycles. The fraction of sp³-hybridized carbons (Fsp3) is 0.636. The number of aromatic nitrogens is 2. The van der Waals surface area contributed by atoms with Gasteiger partial charge in [0.05, 0.1) is 5.69 Å². The Balaban J connectivity index is 2.51. The molecule has 0 aliphatic carbocycles. The van der Waals surface area contributed by atoms with Crippen molar-refractivity contribution in [1.29, 1.82) is 0 Å². The van der Waals surface area contributed by atoms with Crippen molar-refractivity contribution in [3.05, 3.63) is 18.0 Å². The summed E-state index contributed by atoms with van der Waals surface area (Å²) in [7, 11) is 9.93. The third-order valence-corrected chi connectivity index (χ3v) is 2.19. The number of aliphatic imine (C=N–C) groups is 1. The van der Waals surface area contributed by atoms with Crippen LogP contribution in [0.1, 0.15) is 5.69 Å². The van der Waals surface area contributed by atoms with E-state index >= 15 is 0 Å². The molecule has 0 unspecified atom stereocenters. The van der Waals surface area contributed by atoms with Gasteiger partial charge in [0.1, 0.15) is 0 Å². The third kappa shape index (κ3) is 3.56. The van der Waals surface area contributed by atoms with Gasteiger partial charge in [0, 0.05) is 54.4 Å². The molecule has 0 N–H and O–H groups in total. The van der Waals surface area contributed by atoms with Gasteiger partial charge >= 0.3 is 0 Å². The average molecular weight is 223 g/mol. The first-order chi connectivity index (χ1) is 7.50. The summed E-state index contributed by atoms with van der Waals surface area (Å²) >= 11 is 0. The molecule has 0 spiro atoms. The van der Waals surface area contributed by atoms with E-state index < -0.39 is 0 Å². The summed E-state index contributed by atoms with van der Waals surface area (Å²) in [5.41, 5.74) is 1.09. The number of aryl methyl sites for hydroxylation is 1. The quantitative estimate of drug-likeness (QED) is 0.551.